The summed E-state index contributed by atoms with van der Waals surface area (Å²) in [6.07, 6.45) is 0.286. The Morgan fingerprint density at radius 1 is 1.29 bits per heavy atom. The lowest BCUT2D eigenvalue weighted by Crippen LogP contribution is -2.53. The molecule has 1 fully saturated rings. The average Bonchev–Trinajstić information content (AvgIpc) is 3.23. The maximum Gasteiger partial charge on any atom is 0.416 e. The molecule has 0 saturated carbocycles. The Morgan fingerprint density at radius 3 is 2.48 bits per heavy atom. The molecule has 9 heteroatoms. The minimum atomic E-state index is -4.41. The van der Waals surface area contributed by atoms with E-state index in [0.29, 0.717) is 18.7 Å². The van der Waals surface area contributed by atoms with Crippen LogP contribution in [-0.2, 0) is 6.18 Å². The number of aryl methyl sites for hydroxylation is 1. The highest BCUT2D eigenvalue weighted by Gasteiger charge is 2.36. The lowest BCUT2D eigenvalue weighted by molar-refractivity contribution is -0.138. The van der Waals surface area contributed by atoms with Gasteiger partial charge in [-0.1, -0.05) is 12.1 Å². The van der Waals surface area contributed by atoms with E-state index in [9.17, 15) is 18.0 Å². The number of carbonyl (C=O) groups excluding carboxylic acids is 1. The van der Waals surface area contributed by atoms with Gasteiger partial charge in [0.15, 0.2) is 0 Å². The molecule has 0 radical (unpaired) electrons. The number of rotatable bonds is 5. The SMILES string of the molecule is CNC(=O)N(C(C)C)C1CCN(C(c2ccc(C)c(C(F)(F)F)c2)c2cnc[nH]2)CC1. The third-order valence-corrected chi connectivity index (χ3v) is 5.96. The Morgan fingerprint density at radius 2 is 1.97 bits per heavy atom. The van der Waals surface area contributed by atoms with E-state index in [1.807, 2.05) is 18.7 Å². The molecule has 2 aromatic rings. The number of imidazole rings is 1. The average molecular weight is 438 g/mol. The molecule has 1 aliphatic heterocycles. The number of amides is 2. The van der Waals surface area contributed by atoms with Gasteiger partial charge >= 0.3 is 12.2 Å². The summed E-state index contributed by atoms with van der Waals surface area (Å²) in [5.74, 6) is 0. The molecule has 1 aromatic heterocycles. The number of urea groups is 1. The minimum Gasteiger partial charge on any atom is -0.347 e. The fraction of sp³-hybridized carbons (Fsp3) is 0.545. The van der Waals surface area contributed by atoms with Crippen LogP contribution in [0.2, 0.25) is 0 Å². The van der Waals surface area contributed by atoms with Crippen molar-refractivity contribution in [2.45, 2.75) is 57.9 Å². The molecule has 170 valence electrons. The zero-order chi connectivity index (χ0) is 22.8. The molecule has 2 heterocycles. The van der Waals surface area contributed by atoms with Gasteiger partial charge in [-0.3, -0.25) is 4.90 Å². The van der Waals surface area contributed by atoms with Crippen LogP contribution in [0, 0.1) is 6.92 Å². The van der Waals surface area contributed by atoms with E-state index >= 15 is 0 Å². The van der Waals surface area contributed by atoms with Crippen molar-refractivity contribution in [1.29, 1.82) is 0 Å². The van der Waals surface area contributed by atoms with Gasteiger partial charge in [0, 0.05) is 38.4 Å². The molecule has 31 heavy (non-hydrogen) atoms. The second-order valence-electron chi connectivity index (χ2n) is 8.30. The number of hydrogen-bond donors (Lipinski definition) is 2. The number of halogens is 3. The molecule has 0 aliphatic carbocycles. The topological polar surface area (TPSA) is 64.3 Å². The summed E-state index contributed by atoms with van der Waals surface area (Å²) in [6, 6.07) is 4.21. The molecular formula is C22H30F3N5O. The first-order chi connectivity index (χ1) is 14.6. The predicted molar refractivity (Wildman–Crippen MR) is 113 cm³/mol. The monoisotopic (exact) mass is 437 g/mol. The fourth-order valence-corrected chi connectivity index (χ4v) is 4.49. The number of likely N-dealkylation sites (tertiary alicyclic amines) is 1. The zero-order valence-corrected chi connectivity index (χ0v) is 18.3. The van der Waals surface area contributed by atoms with E-state index in [4.69, 9.17) is 0 Å². The fourth-order valence-electron chi connectivity index (χ4n) is 4.49. The summed E-state index contributed by atoms with van der Waals surface area (Å²) >= 11 is 0. The number of aromatic nitrogens is 2. The normalized spacial score (nSPS) is 17.0. The Hall–Kier alpha value is -2.55. The van der Waals surface area contributed by atoms with Gasteiger partial charge < -0.3 is 15.2 Å². The second-order valence-corrected chi connectivity index (χ2v) is 8.30. The second kappa shape index (κ2) is 9.30. The molecule has 1 saturated heterocycles. The molecule has 1 aromatic carbocycles. The van der Waals surface area contributed by atoms with Gasteiger partial charge in [-0.15, -0.1) is 0 Å². The van der Waals surface area contributed by atoms with Crippen LogP contribution in [-0.4, -0.2) is 58.0 Å². The smallest absolute Gasteiger partial charge is 0.347 e. The van der Waals surface area contributed by atoms with E-state index < -0.39 is 11.7 Å². The summed E-state index contributed by atoms with van der Waals surface area (Å²) in [4.78, 5) is 23.5. The number of aromatic amines is 1. The first kappa shape index (κ1) is 23.1. The molecule has 6 nitrogen and oxygen atoms in total. The first-order valence-electron chi connectivity index (χ1n) is 10.5. The van der Waals surface area contributed by atoms with Gasteiger partial charge in [0.05, 0.1) is 23.6 Å². The highest BCUT2D eigenvalue weighted by molar-refractivity contribution is 5.74. The molecular weight excluding hydrogens is 407 g/mol. The molecule has 1 unspecified atom stereocenters. The molecule has 1 aliphatic rings. The van der Waals surface area contributed by atoms with Crippen molar-refractivity contribution < 1.29 is 18.0 Å². The molecule has 1 atom stereocenters. The van der Waals surface area contributed by atoms with Crippen LogP contribution in [0.15, 0.2) is 30.7 Å². The molecule has 2 amide bonds. The Bertz CT molecular complexity index is 874. The quantitative estimate of drug-likeness (QED) is 0.732. The van der Waals surface area contributed by atoms with Gasteiger partial charge in [-0.2, -0.15) is 13.2 Å². The zero-order valence-electron chi connectivity index (χ0n) is 18.3. The minimum absolute atomic E-state index is 0.0614. The number of alkyl halides is 3. The third kappa shape index (κ3) is 5.03. The molecule has 0 spiro atoms. The van der Waals surface area contributed by atoms with Crippen molar-refractivity contribution in [2.24, 2.45) is 0 Å². The standard InChI is InChI=1S/C22H30F3N5O/c1-14(2)30(21(31)26-4)17-7-9-29(10-8-17)20(19-12-27-13-28-19)16-6-5-15(3)18(11-16)22(23,24)25/h5-6,11-14,17,20H,7-10H2,1-4H3,(H,26,31)(H,27,28). The number of nitrogens with zero attached hydrogens (tertiary/aromatic N) is 3. The highest BCUT2D eigenvalue weighted by atomic mass is 19.4. The Balaban J connectivity index is 1.87. The maximum absolute atomic E-state index is 13.5. The van der Waals surface area contributed by atoms with Crippen LogP contribution in [0.5, 0.6) is 0 Å². The van der Waals surface area contributed by atoms with Crippen LogP contribution in [0.1, 0.15) is 55.1 Å². The Labute approximate surface area is 180 Å². The van der Waals surface area contributed by atoms with Gasteiger partial charge in [-0.05, 0) is 50.8 Å². The summed E-state index contributed by atoms with van der Waals surface area (Å²) in [7, 11) is 1.62. The van der Waals surface area contributed by atoms with Crippen molar-refractivity contribution >= 4 is 6.03 Å². The van der Waals surface area contributed by atoms with Gasteiger partial charge in [0.2, 0.25) is 0 Å². The van der Waals surface area contributed by atoms with Crippen LogP contribution >= 0.6 is 0 Å². The highest BCUT2D eigenvalue weighted by Crippen LogP contribution is 2.37. The van der Waals surface area contributed by atoms with Crippen LogP contribution < -0.4 is 5.32 Å². The number of benzene rings is 1. The van der Waals surface area contributed by atoms with Crippen LogP contribution in [0.3, 0.4) is 0 Å². The number of hydrogen-bond acceptors (Lipinski definition) is 3. The van der Waals surface area contributed by atoms with Crippen molar-refractivity contribution in [3.8, 4) is 0 Å². The first-order valence-corrected chi connectivity index (χ1v) is 10.5. The van der Waals surface area contributed by atoms with Gasteiger partial charge in [0.25, 0.3) is 0 Å². The van der Waals surface area contributed by atoms with E-state index in [0.717, 1.165) is 18.5 Å². The lowest BCUT2D eigenvalue weighted by atomic mass is 9.94. The van der Waals surface area contributed by atoms with Crippen molar-refractivity contribution in [3.05, 3.63) is 53.1 Å². The van der Waals surface area contributed by atoms with Crippen molar-refractivity contribution in [3.63, 3.8) is 0 Å². The summed E-state index contributed by atoms with van der Waals surface area (Å²) in [5, 5.41) is 2.71. The molecule has 2 N–H and O–H groups in total. The van der Waals surface area contributed by atoms with Crippen molar-refractivity contribution in [2.75, 3.05) is 20.1 Å². The van der Waals surface area contributed by atoms with E-state index in [1.54, 1.807) is 25.6 Å². The third-order valence-electron chi connectivity index (χ3n) is 5.96. The lowest BCUT2D eigenvalue weighted by Gasteiger charge is -2.42. The number of carbonyl (C=O) groups is 1. The molecule has 0 bridgehead atoms. The maximum atomic E-state index is 13.5. The Kier molecular flexibility index (Phi) is 6.93. The van der Waals surface area contributed by atoms with Crippen molar-refractivity contribution in [1.82, 2.24) is 25.1 Å². The van der Waals surface area contributed by atoms with E-state index in [1.165, 1.54) is 19.1 Å². The van der Waals surface area contributed by atoms with Gasteiger partial charge in [0.1, 0.15) is 0 Å². The number of H-pyrrole nitrogens is 1. The number of piperidine rings is 1. The summed E-state index contributed by atoms with van der Waals surface area (Å²) < 4.78 is 40.6. The van der Waals surface area contributed by atoms with Crippen LogP contribution in [0.25, 0.3) is 0 Å². The summed E-state index contributed by atoms with van der Waals surface area (Å²) in [5.41, 5.74) is 0.918. The van der Waals surface area contributed by atoms with Gasteiger partial charge in [-0.25, -0.2) is 9.78 Å². The summed E-state index contributed by atoms with van der Waals surface area (Å²) in [6.45, 7) is 6.76. The van der Waals surface area contributed by atoms with Crippen LogP contribution in [0.4, 0.5) is 18.0 Å². The predicted octanol–water partition coefficient (Wildman–Crippen LogP) is 4.34. The number of nitrogens with one attached hydrogen (secondary N) is 2. The van der Waals surface area contributed by atoms with E-state index in [-0.39, 0.29) is 29.7 Å². The van der Waals surface area contributed by atoms with E-state index in [2.05, 4.69) is 20.2 Å². The molecule has 3 rings (SSSR count). The largest absolute Gasteiger partial charge is 0.416 e.